The molecule has 1 saturated carbocycles. The number of fused-ring (bicyclic) bond motifs is 2. The van der Waals surface area contributed by atoms with Crippen LogP contribution in [0, 0.1) is 11.8 Å². The van der Waals surface area contributed by atoms with E-state index in [1.807, 2.05) is 20.8 Å². The van der Waals surface area contributed by atoms with Crippen LogP contribution in [0.25, 0.3) is 11.3 Å². The van der Waals surface area contributed by atoms with E-state index in [0.29, 0.717) is 30.6 Å². The zero-order valence-corrected chi connectivity index (χ0v) is 23.7. The number of carbonyl (C=O) groups is 1. The Morgan fingerprint density at radius 1 is 1.22 bits per heavy atom. The molecular formula is C28H39NO6Si. The van der Waals surface area contributed by atoms with Gasteiger partial charge in [0.1, 0.15) is 22.7 Å². The SMILES string of the molecule is CC[C@](C)(O)[C@@H]1C[C@@H]2C(=O)c3c(cc(-c4cccnc4)oc3=O)O[C@@]2(C)[C@H](O[Si](C)(C)C(C)(C)C)C1. The third-order valence-corrected chi connectivity index (χ3v) is 13.4. The van der Waals surface area contributed by atoms with Gasteiger partial charge in [0.2, 0.25) is 0 Å². The average Bonchev–Trinajstić information content (AvgIpc) is 2.79. The summed E-state index contributed by atoms with van der Waals surface area (Å²) in [5.41, 5.74) is -2.11. The van der Waals surface area contributed by atoms with Crippen LogP contribution in [0.15, 0.2) is 39.8 Å². The van der Waals surface area contributed by atoms with Gasteiger partial charge in [0.15, 0.2) is 14.1 Å². The summed E-state index contributed by atoms with van der Waals surface area (Å²) in [5, 5.41) is 11.2. The lowest BCUT2D eigenvalue weighted by atomic mass is 9.62. The molecule has 0 amide bonds. The quantitative estimate of drug-likeness (QED) is 0.519. The molecule has 0 spiro atoms. The van der Waals surface area contributed by atoms with Crippen molar-refractivity contribution >= 4 is 14.1 Å². The number of aliphatic hydroxyl groups is 1. The highest BCUT2D eigenvalue weighted by atomic mass is 28.4. The van der Waals surface area contributed by atoms with Crippen LogP contribution in [0.5, 0.6) is 5.75 Å². The molecule has 0 aromatic carbocycles. The van der Waals surface area contributed by atoms with Crippen LogP contribution in [-0.2, 0) is 4.43 Å². The summed E-state index contributed by atoms with van der Waals surface area (Å²) in [6.45, 7) is 16.6. The number of hydrogen-bond acceptors (Lipinski definition) is 7. The largest absolute Gasteiger partial charge is 0.483 e. The highest BCUT2D eigenvalue weighted by molar-refractivity contribution is 6.74. The molecule has 0 saturated heterocycles. The number of Topliss-reactive ketones (excluding diaryl/α,β-unsaturated/α-hetero) is 1. The van der Waals surface area contributed by atoms with Gasteiger partial charge in [-0.2, -0.15) is 0 Å². The predicted octanol–water partition coefficient (Wildman–Crippen LogP) is 5.61. The minimum Gasteiger partial charge on any atom is -0.483 e. The van der Waals surface area contributed by atoms with Crippen molar-refractivity contribution in [3.8, 4) is 17.1 Å². The van der Waals surface area contributed by atoms with Gasteiger partial charge in [-0.25, -0.2) is 4.79 Å². The van der Waals surface area contributed by atoms with E-state index in [1.165, 1.54) is 0 Å². The molecule has 8 heteroatoms. The molecule has 2 aromatic heterocycles. The number of aromatic nitrogens is 1. The van der Waals surface area contributed by atoms with Gasteiger partial charge < -0.3 is 18.7 Å². The Kier molecular flexibility index (Phi) is 6.63. The summed E-state index contributed by atoms with van der Waals surface area (Å²) < 4.78 is 19.1. The topological polar surface area (TPSA) is 98.9 Å². The Bertz CT molecular complexity index is 1200. The number of ether oxygens (including phenoxy) is 1. The fourth-order valence-electron chi connectivity index (χ4n) is 5.17. The van der Waals surface area contributed by atoms with Crippen molar-refractivity contribution in [1.29, 1.82) is 0 Å². The van der Waals surface area contributed by atoms with Gasteiger partial charge in [0.25, 0.3) is 0 Å². The molecule has 36 heavy (non-hydrogen) atoms. The highest BCUT2D eigenvalue weighted by Crippen LogP contribution is 2.52. The average molecular weight is 514 g/mol. The van der Waals surface area contributed by atoms with Crippen LogP contribution in [-0.4, -0.2) is 41.5 Å². The second kappa shape index (κ2) is 8.92. The first kappa shape index (κ1) is 26.8. The minimum atomic E-state index is -2.26. The van der Waals surface area contributed by atoms with Gasteiger partial charge in [-0.15, -0.1) is 0 Å². The second-order valence-electron chi connectivity index (χ2n) is 12.3. The fraction of sp³-hybridized carbons (Fsp3) is 0.607. The standard InChI is InChI=1S/C28H39NO6Si/c1-9-27(5,32)18-13-19-24(30)23-21(15-20(33-25(23)31)17-11-10-12-29-16-17)34-28(19,6)22(14-18)35-36(7,8)26(2,3)4/h10-12,15-16,18-19,22,32H,9,13-14H2,1-8H3/t18-,19-,22-,27+,28-/m1/s1. The molecule has 2 aromatic rings. The molecule has 5 atom stereocenters. The summed E-state index contributed by atoms with van der Waals surface area (Å²) >= 11 is 0. The maximum atomic E-state index is 13.9. The van der Waals surface area contributed by atoms with E-state index >= 15 is 0 Å². The lowest BCUT2D eigenvalue weighted by Gasteiger charge is -2.55. The number of pyridine rings is 1. The molecule has 1 fully saturated rings. The van der Waals surface area contributed by atoms with Crippen molar-refractivity contribution in [1.82, 2.24) is 4.98 Å². The lowest BCUT2D eigenvalue weighted by molar-refractivity contribution is -0.137. The number of hydrogen-bond donors (Lipinski definition) is 1. The Morgan fingerprint density at radius 3 is 2.50 bits per heavy atom. The number of rotatable bonds is 5. The van der Waals surface area contributed by atoms with E-state index in [1.54, 1.807) is 30.6 Å². The van der Waals surface area contributed by atoms with Crippen LogP contribution in [0.4, 0.5) is 0 Å². The van der Waals surface area contributed by atoms with Gasteiger partial charge in [-0.1, -0.05) is 27.7 Å². The second-order valence-corrected chi connectivity index (χ2v) is 17.1. The summed E-state index contributed by atoms with van der Waals surface area (Å²) in [6, 6.07) is 5.15. The molecular weight excluding hydrogens is 474 g/mol. The van der Waals surface area contributed by atoms with Crippen molar-refractivity contribution in [2.75, 3.05) is 0 Å². The molecule has 2 aliphatic rings. The van der Waals surface area contributed by atoms with Crippen LogP contribution in [0.1, 0.15) is 71.2 Å². The summed E-state index contributed by atoms with van der Waals surface area (Å²) in [5.74, 6) is -0.593. The van der Waals surface area contributed by atoms with Gasteiger partial charge >= 0.3 is 5.63 Å². The molecule has 0 unspecified atom stereocenters. The third kappa shape index (κ3) is 4.48. The van der Waals surface area contributed by atoms with Crippen molar-refractivity contribution in [3.05, 3.63) is 46.6 Å². The monoisotopic (exact) mass is 513 g/mol. The summed E-state index contributed by atoms with van der Waals surface area (Å²) in [7, 11) is -2.26. The third-order valence-electron chi connectivity index (χ3n) is 8.94. The van der Waals surface area contributed by atoms with Gasteiger partial charge in [0, 0.05) is 24.0 Å². The molecule has 1 aliphatic heterocycles. The maximum absolute atomic E-state index is 13.9. The number of nitrogens with zero attached hydrogens (tertiary/aromatic N) is 1. The Balaban J connectivity index is 1.83. The van der Waals surface area contributed by atoms with Gasteiger partial charge in [-0.3, -0.25) is 9.78 Å². The zero-order chi connectivity index (χ0) is 26.7. The van der Waals surface area contributed by atoms with Crippen molar-refractivity contribution in [2.45, 2.75) is 96.2 Å². The van der Waals surface area contributed by atoms with Gasteiger partial charge in [0.05, 0.1) is 17.6 Å². The number of carbonyl (C=O) groups excluding carboxylic acids is 1. The minimum absolute atomic E-state index is 0.0514. The van der Waals surface area contributed by atoms with Crippen molar-refractivity contribution in [2.24, 2.45) is 11.8 Å². The number of ketones is 1. The normalized spacial score (nSPS) is 28.0. The van der Waals surface area contributed by atoms with Crippen molar-refractivity contribution < 1.29 is 23.5 Å². The molecule has 7 nitrogen and oxygen atoms in total. The molecule has 1 aliphatic carbocycles. The molecule has 0 radical (unpaired) electrons. The molecule has 196 valence electrons. The Morgan fingerprint density at radius 2 is 1.92 bits per heavy atom. The van der Waals surface area contributed by atoms with E-state index in [-0.39, 0.29) is 28.1 Å². The van der Waals surface area contributed by atoms with Crippen LogP contribution < -0.4 is 10.4 Å². The fourth-order valence-corrected chi connectivity index (χ4v) is 6.56. The molecule has 4 rings (SSSR count). The van der Waals surface area contributed by atoms with Crippen molar-refractivity contribution in [3.63, 3.8) is 0 Å². The zero-order valence-electron chi connectivity index (χ0n) is 22.7. The van der Waals surface area contributed by atoms with E-state index in [0.717, 1.165) is 0 Å². The summed E-state index contributed by atoms with van der Waals surface area (Å²) in [6.07, 6.45) is 4.35. The molecule has 0 bridgehead atoms. The lowest BCUT2D eigenvalue weighted by Crippen LogP contribution is -2.65. The van der Waals surface area contributed by atoms with E-state index < -0.39 is 37.2 Å². The van der Waals surface area contributed by atoms with E-state index in [4.69, 9.17) is 13.6 Å². The molecule has 3 heterocycles. The Hall–Kier alpha value is -2.29. The van der Waals surface area contributed by atoms with Crippen LogP contribution >= 0.6 is 0 Å². The Labute approximate surface area is 214 Å². The summed E-state index contributed by atoms with van der Waals surface area (Å²) in [4.78, 5) is 31.1. The first-order chi connectivity index (χ1) is 16.6. The smallest absolute Gasteiger partial charge is 0.351 e. The first-order valence-corrected chi connectivity index (χ1v) is 15.7. The van der Waals surface area contributed by atoms with E-state index in [9.17, 15) is 14.7 Å². The van der Waals surface area contributed by atoms with Crippen LogP contribution in [0.3, 0.4) is 0 Å². The first-order valence-electron chi connectivity index (χ1n) is 12.8. The predicted molar refractivity (Wildman–Crippen MR) is 141 cm³/mol. The highest BCUT2D eigenvalue weighted by Gasteiger charge is 2.60. The maximum Gasteiger partial charge on any atom is 0.351 e. The van der Waals surface area contributed by atoms with Gasteiger partial charge in [-0.05, 0) is 69.3 Å². The van der Waals surface area contributed by atoms with E-state index in [2.05, 4.69) is 38.8 Å². The molecule has 1 N–H and O–H groups in total. The van der Waals surface area contributed by atoms with Crippen LogP contribution in [0.2, 0.25) is 18.1 Å².